The number of alkyl halides is 3. The first-order chi connectivity index (χ1) is 9.44. The van der Waals surface area contributed by atoms with Gasteiger partial charge in [0.25, 0.3) is 0 Å². The lowest BCUT2D eigenvalue weighted by atomic mass is 9.95. The third-order valence-corrected chi connectivity index (χ3v) is 3.45. The van der Waals surface area contributed by atoms with Gasteiger partial charge in [-0.15, -0.1) is 0 Å². The molecule has 0 atom stereocenters. The molecule has 0 saturated carbocycles. The second-order valence-electron chi connectivity index (χ2n) is 4.91. The largest absolute Gasteiger partial charge is 0.405 e. The fourth-order valence-electron chi connectivity index (χ4n) is 2.50. The molecule has 20 heavy (non-hydrogen) atoms. The predicted molar refractivity (Wildman–Crippen MR) is 69.5 cm³/mol. The standard InChI is InChI=1S/C14H16F3N3/c1-2-20(9-14(15,16)17)13-11(8-18)7-10-5-3-4-6-12(10)19-13/h7H,2-6,9H2,1H3. The molecule has 0 aliphatic heterocycles. The molecule has 0 spiro atoms. The third-order valence-electron chi connectivity index (χ3n) is 3.45. The molecule has 0 aromatic carbocycles. The molecule has 0 amide bonds. The maximum Gasteiger partial charge on any atom is 0.405 e. The fourth-order valence-corrected chi connectivity index (χ4v) is 2.50. The van der Waals surface area contributed by atoms with Crippen LogP contribution >= 0.6 is 0 Å². The number of pyridine rings is 1. The lowest BCUT2D eigenvalue weighted by Crippen LogP contribution is -2.35. The lowest BCUT2D eigenvalue weighted by molar-refractivity contribution is -0.119. The van der Waals surface area contributed by atoms with Crippen molar-refractivity contribution < 1.29 is 13.2 Å². The highest BCUT2D eigenvalue weighted by molar-refractivity contribution is 5.56. The van der Waals surface area contributed by atoms with E-state index in [1.807, 2.05) is 6.07 Å². The van der Waals surface area contributed by atoms with Gasteiger partial charge in [0.2, 0.25) is 0 Å². The van der Waals surface area contributed by atoms with Crippen LogP contribution in [0.1, 0.15) is 36.6 Å². The summed E-state index contributed by atoms with van der Waals surface area (Å²) in [4.78, 5) is 5.46. The molecule has 0 radical (unpaired) electrons. The van der Waals surface area contributed by atoms with Gasteiger partial charge in [0.1, 0.15) is 18.4 Å². The monoisotopic (exact) mass is 283 g/mol. The van der Waals surface area contributed by atoms with Gasteiger partial charge in [-0.3, -0.25) is 0 Å². The minimum Gasteiger partial charge on any atom is -0.347 e. The molecule has 0 bridgehead atoms. The van der Waals surface area contributed by atoms with E-state index in [1.165, 1.54) is 0 Å². The maximum atomic E-state index is 12.6. The second kappa shape index (κ2) is 5.70. The second-order valence-corrected chi connectivity index (χ2v) is 4.91. The number of nitrogens with zero attached hydrogens (tertiary/aromatic N) is 3. The van der Waals surface area contributed by atoms with E-state index in [0.717, 1.165) is 41.8 Å². The highest BCUT2D eigenvalue weighted by Gasteiger charge is 2.32. The normalized spacial score (nSPS) is 14.6. The van der Waals surface area contributed by atoms with Crippen molar-refractivity contribution >= 4 is 5.82 Å². The zero-order chi connectivity index (χ0) is 14.8. The minimum absolute atomic E-state index is 0.160. The predicted octanol–water partition coefficient (Wildman–Crippen LogP) is 3.22. The van der Waals surface area contributed by atoms with E-state index in [4.69, 9.17) is 5.26 Å². The molecule has 0 N–H and O–H groups in total. The average molecular weight is 283 g/mol. The lowest BCUT2D eigenvalue weighted by Gasteiger charge is -2.26. The quantitative estimate of drug-likeness (QED) is 0.855. The first-order valence-electron chi connectivity index (χ1n) is 6.69. The van der Waals surface area contributed by atoms with Crippen LogP contribution in [0.2, 0.25) is 0 Å². The summed E-state index contributed by atoms with van der Waals surface area (Å²) in [5.41, 5.74) is 2.07. The summed E-state index contributed by atoms with van der Waals surface area (Å²) >= 11 is 0. The summed E-state index contributed by atoms with van der Waals surface area (Å²) in [6, 6.07) is 3.68. The van der Waals surface area contributed by atoms with Gasteiger partial charge >= 0.3 is 6.18 Å². The summed E-state index contributed by atoms with van der Waals surface area (Å²) in [7, 11) is 0. The van der Waals surface area contributed by atoms with Crippen LogP contribution in [-0.2, 0) is 12.8 Å². The molecule has 1 aliphatic carbocycles. The van der Waals surface area contributed by atoms with Gasteiger partial charge in [-0.2, -0.15) is 18.4 Å². The van der Waals surface area contributed by atoms with Gasteiger partial charge in [0, 0.05) is 12.2 Å². The van der Waals surface area contributed by atoms with E-state index in [0.29, 0.717) is 0 Å². The Labute approximate surface area is 116 Å². The third kappa shape index (κ3) is 3.21. The highest BCUT2D eigenvalue weighted by atomic mass is 19.4. The van der Waals surface area contributed by atoms with Crippen molar-refractivity contribution in [3.63, 3.8) is 0 Å². The number of anilines is 1. The molecule has 1 heterocycles. The number of rotatable bonds is 3. The Morgan fingerprint density at radius 3 is 2.65 bits per heavy atom. The van der Waals surface area contributed by atoms with Gasteiger partial charge in [0.05, 0.1) is 5.56 Å². The van der Waals surface area contributed by atoms with Crippen LogP contribution in [0.3, 0.4) is 0 Å². The topological polar surface area (TPSA) is 39.9 Å². The Hall–Kier alpha value is -1.77. The van der Waals surface area contributed by atoms with Crippen LogP contribution in [-0.4, -0.2) is 24.2 Å². The van der Waals surface area contributed by atoms with Crippen molar-refractivity contribution in [2.45, 2.75) is 38.8 Å². The summed E-state index contributed by atoms with van der Waals surface area (Å²) in [6.45, 7) is 0.720. The number of aryl methyl sites for hydroxylation is 2. The van der Waals surface area contributed by atoms with Gasteiger partial charge in [-0.1, -0.05) is 0 Å². The van der Waals surface area contributed by atoms with Gasteiger partial charge in [0.15, 0.2) is 0 Å². The number of hydrogen-bond acceptors (Lipinski definition) is 3. The van der Waals surface area contributed by atoms with Crippen LogP contribution in [0.15, 0.2) is 6.07 Å². The smallest absolute Gasteiger partial charge is 0.347 e. The molecule has 3 nitrogen and oxygen atoms in total. The molecular weight excluding hydrogens is 267 g/mol. The summed E-state index contributed by atoms with van der Waals surface area (Å²) in [5.74, 6) is 0.160. The van der Waals surface area contributed by atoms with Crippen molar-refractivity contribution in [3.8, 4) is 6.07 Å². The molecule has 108 valence electrons. The van der Waals surface area contributed by atoms with Crippen LogP contribution in [0.4, 0.5) is 19.0 Å². The van der Waals surface area contributed by atoms with Crippen molar-refractivity contribution in [3.05, 3.63) is 22.9 Å². The van der Waals surface area contributed by atoms with E-state index in [-0.39, 0.29) is 17.9 Å². The molecule has 1 aromatic heterocycles. The number of hydrogen-bond donors (Lipinski definition) is 0. The molecule has 2 rings (SSSR count). The average Bonchev–Trinajstić information content (AvgIpc) is 2.42. The fraction of sp³-hybridized carbons (Fsp3) is 0.571. The molecular formula is C14H16F3N3. The number of fused-ring (bicyclic) bond motifs is 1. The molecule has 1 aromatic rings. The van der Waals surface area contributed by atoms with Crippen molar-refractivity contribution in [1.82, 2.24) is 4.98 Å². The number of aromatic nitrogens is 1. The van der Waals surface area contributed by atoms with E-state index >= 15 is 0 Å². The van der Waals surface area contributed by atoms with E-state index < -0.39 is 12.7 Å². The van der Waals surface area contributed by atoms with Crippen LogP contribution in [0, 0.1) is 11.3 Å². The van der Waals surface area contributed by atoms with Crippen molar-refractivity contribution in [2.24, 2.45) is 0 Å². The minimum atomic E-state index is -4.31. The van der Waals surface area contributed by atoms with Gasteiger partial charge < -0.3 is 4.90 Å². The molecule has 0 saturated heterocycles. The Balaban J connectivity index is 2.41. The van der Waals surface area contributed by atoms with Crippen LogP contribution in [0.25, 0.3) is 0 Å². The van der Waals surface area contributed by atoms with Gasteiger partial charge in [-0.05, 0) is 44.2 Å². The first-order valence-corrected chi connectivity index (χ1v) is 6.69. The maximum absolute atomic E-state index is 12.6. The zero-order valence-corrected chi connectivity index (χ0v) is 11.3. The SMILES string of the molecule is CCN(CC(F)(F)F)c1nc2c(cc1C#N)CCCC2. The Morgan fingerprint density at radius 2 is 2.05 bits per heavy atom. The van der Waals surface area contributed by atoms with Gasteiger partial charge in [-0.25, -0.2) is 4.98 Å². The zero-order valence-electron chi connectivity index (χ0n) is 11.3. The summed E-state index contributed by atoms with van der Waals surface area (Å²) in [6.07, 6.45) is -0.643. The number of nitriles is 1. The molecule has 6 heteroatoms. The Morgan fingerprint density at radius 1 is 1.35 bits per heavy atom. The van der Waals surface area contributed by atoms with Crippen molar-refractivity contribution in [1.29, 1.82) is 5.26 Å². The van der Waals surface area contributed by atoms with Crippen LogP contribution < -0.4 is 4.90 Å². The Kier molecular flexibility index (Phi) is 4.17. The van der Waals surface area contributed by atoms with E-state index in [9.17, 15) is 13.2 Å². The van der Waals surface area contributed by atoms with Crippen LogP contribution in [0.5, 0.6) is 0 Å². The van der Waals surface area contributed by atoms with E-state index in [2.05, 4.69) is 4.98 Å². The molecule has 0 fully saturated rings. The molecule has 0 unspecified atom stereocenters. The first kappa shape index (κ1) is 14.6. The van der Waals surface area contributed by atoms with Crippen molar-refractivity contribution in [2.75, 3.05) is 18.0 Å². The number of halogens is 3. The summed E-state index contributed by atoms with van der Waals surface area (Å²) in [5, 5.41) is 9.16. The molecule has 1 aliphatic rings. The summed E-state index contributed by atoms with van der Waals surface area (Å²) < 4.78 is 37.8. The highest BCUT2D eigenvalue weighted by Crippen LogP contribution is 2.28. The van der Waals surface area contributed by atoms with E-state index in [1.54, 1.807) is 13.0 Å². The Bertz CT molecular complexity index is 532.